The summed E-state index contributed by atoms with van der Waals surface area (Å²) in [6, 6.07) is 8.39. The first-order valence-corrected chi connectivity index (χ1v) is 6.56. The van der Waals surface area contributed by atoms with E-state index in [2.05, 4.69) is 46.4 Å². The van der Waals surface area contributed by atoms with Gasteiger partial charge >= 0.3 is 0 Å². The number of rotatable bonds is 6. The molecule has 0 aliphatic carbocycles. The van der Waals surface area contributed by atoms with Crippen LogP contribution in [-0.4, -0.2) is 28.1 Å². The first-order chi connectivity index (χ1) is 9.20. The minimum absolute atomic E-state index is 0.697. The highest BCUT2D eigenvalue weighted by Crippen LogP contribution is 2.21. The number of hydrogen-bond donors (Lipinski definition) is 1. The van der Waals surface area contributed by atoms with E-state index in [1.54, 1.807) is 4.68 Å². The number of benzene rings is 1. The van der Waals surface area contributed by atoms with Crippen molar-refractivity contribution in [3.63, 3.8) is 0 Å². The maximum atomic E-state index is 5.63. The van der Waals surface area contributed by atoms with Crippen LogP contribution in [0.5, 0.6) is 0 Å². The predicted octanol–water partition coefficient (Wildman–Crippen LogP) is 1.48. The lowest BCUT2D eigenvalue weighted by molar-refractivity contribution is 0.705. The number of nitrogens with zero attached hydrogens (tertiary/aromatic N) is 4. The molecule has 1 heterocycles. The zero-order valence-corrected chi connectivity index (χ0v) is 11.6. The molecule has 0 bridgehead atoms. The largest absolute Gasteiger partial charge is 0.365 e. The molecular formula is C14H21N5. The molecule has 102 valence electrons. The first-order valence-electron chi connectivity index (χ1n) is 6.56. The second-order valence-corrected chi connectivity index (χ2v) is 4.73. The molecule has 2 N–H and O–H groups in total. The molecule has 2 aromatic rings. The van der Waals surface area contributed by atoms with Crippen molar-refractivity contribution >= 4 is 5.69 Å². The van der Waals surface area contributed by atoms with Gasteiger partial charge in [-0.15, -0.1) is 5.10 Å². The van der Waals surface area contributed by atoms with Gasteiger partial charge in [-0.3, -0.25) is 4.68 Å². The van der Waals surface area contributed by atoms with Crippen LogP contribution in [0.4, 0.5) is 5.69 Å². The Balaban J connectivity index is 2.18. The molecular weight excluding hydrogens is 238 g/mol. The number of aryl methyl sites for hydroxylation is 2. The van der Waals surface area contributed by atoms with Gasteiger partial charge in [0.2, 0.25) is 0 Å². The summed E-state index contributed by atoms with van der Waals surface area (Å²) < 4.78 is 1.73. The Hall–Kier alpha value is -1.88. The Bertz CT molecular complexity index is 520. The van der Waals surface area contributed by atoms with Crippen LogP contribution >= 0.6 is 0 Å². The van der Waals surface area contributed by atoms with E-state index < -0.39 is 0 Å². The monoisotopic (exact) mass is 259 g/mol. The smallest absolute Gasteiger partial charge is 0.102 e. The second kappa shape index (κ2) is 6.33. The molecule has 0 aliphatic heterocycles. The van der Waals surface area contributed by atoms with Crippen LogP contribution in [0.2, 0.25) is 0 Å². The fraction of sp³-hybridized carbons (Fsp3) is 0.429. The van der Waals surface area contributed by atoms with Gasteiger partial charge in [-0.1, -0.05) is 23.4 Å². The van der Waals surface area contributed by atoms with E-state index in [4.69, 9.17) is 5.73 Å². The van der Waals surface area contributed by atoms with Crippen molar-refractivity contribution in [1.29, 1.82) is 0 Å². The molecule has 0 spiro atoms. The summed E-state index contributed by atoms with van der Waals surface area (Å²) >= 11 is 0. The van der Waals surface area contributed by atoms with E-state index in [9.17, 15) is 0 Å². The van der Waals surface area contributed by atoms with Gasteiger partial charge in [0.1, 0.15) is 5.69 Å². The molecule has 1 aromatic heterocycles. The van der Waals surface area contributed by atoms with E-state index in [-0.39, 0.29) is 0 Å². The normalized spacial score (nSPS) is 10.7. The van der Waals surface area contributed by atoms with Crippen molar-refractivity contribution in [2.45, 2.75) is 19.9 Å². The third-order valence-electron chi connectivity index (χ3n) is 3.09. The Morgan fingerprint density at radius 3 is 2.74 bits per heavy atom. The van der Waals surface area contributed by atoms with Gasteiger partial charge in [0, 0.05) is 25.5 Å². The molecule has 0 saturated carbocycles. The lowest BCUT2D eigenvalue weighted by Crippen LogP contribution is -2.26. The zero-order valence-electron chi connectivity index (χ0n) is 11.6. The van der Waals surface area contributed by atoms with Crippen LogP contribution in [0, 0.1) is 6.92 Å². The standard InChI is InChI=1S/C14H21N5/c1-12-6-3-4-7-14(12)19(9-5-8-15)11-13-10-18(2)17-16-13/h3-4,6-7,10H,5,8-9,11,15H2,1-2H3. The molecule has 0 amide bonds. The minimum atomic E-state index is 0.697. The van der Waals surface area contributed by atoms with Gasteiger partial charge in [-0.25, -0.2) is 0 Å². The minimum Gasteiger partial charge on any atom is -0.365 e. The fourth-order valence-electron chi connectivity index (χ4n) is 2.15. The molecule has 0 atom stereocenters. The lowest BCUT2D eigenvalue weighted by atomic mass is 10.1. The highest BCUT2D eigenvalue weighted by molar-refractivity contribution is 5.53. The van der Waals surface area contributed by atoms with E-state index in [0.717, 1.165) is 25.2 Å². The van der Waals surface area contributed by atoms with Crippen LogP contribution in [0.15, 0.2) is 30.5 Å². The first kappa shape index (κ1) is 13.5. The molecule has 0 radical (unpaired) electrons. The molecule has 5 heteroatoms. The Morgan fingerprint density at radius 2 is 2.11 bits per heavy atom. The van der Waals surface area contributed by atoms with E-state index >= 15 is 0 Å². The molecule has 19 heavy (non-hydrogen) atoms. The zero-order chi connectivity index (χ0) is 13.7. The summed E-state index contributed by atoms with van der Waals surface area (Å²) in [5.74, 6) is 0. The van der Waals surface area contributed by atoms with Gasteiger partial charge in [0.15, 0.2) is 0 Å². The van der Waals surface area contributed by atoms with Crippen molar-refractivity contribution in [3.05, 3.63) is 41.7 Å². The fourth-order valence-corrected chi connectivity index (χ4v) is 2.15. The summed E-state index contributed by atoms with van der Waals surface area (Å²) in [5.41, 5.74) is 9.11. The maximum absolute atomic E-state index is 5.63. The molecule has 2 rings (SSSR count). The summed E-state index contributed by atoms with van der Waals surface area (Å²) in [7, 11) is 1.88. The summed E-state index contributed by atoms with van der Waals surface area (Å²) in [4.78, 5) is 2.31. The highest BCUT2D eigenvalue weighted by atomic mass is 15.4. The van der Waals surface area contributed by atoms with E-state index in [1.807, 2.05) is 13.2 Å². The Morgan fingerprint density at radius 1 is 1.32 bits per heavy atom. The topological polar surface area (TPSA) is 60.0 Å². The highest BCUT2D eigenvalue weighted by Gasteiger charge is 2.11. The van der Waals surface area contributed by atoms with Crippen molar-refractivity contribution in [1.82, 2.24) is 15.0 Å². The second-order valence-electron chi connectivity index (χ2n) is 4.73. The molecule has 0 unspecified atom stereocenters. The van der Waals surface area contributed by atoms with Gasteiger partial charge in [-0.2, -0.15) is 0 Å². The van der Waals surface area contributed by atoms with Gasteiger partial charge < -0.3 is 10.6 Å². The lowest BCUT2D eigenvalue weighted by Gasteiger charge is -2.25. The molecule has 1 aromatic carbocycles. The van der Waals surface area contributed by atoms with Crippen LogP contribution in [0.25, 0.3) is 0 Å². The van der Waals surface area contributed by atoms with Crippen molar-refractivity contribution in [2.75, 3.05) is 18.0 Å². The SMILES string of the molecule is Cc1ccccc1N(CCCN)Cc1cn(C)nn1. The number of para-hydroxylation sites is 1. The number of aromatic nitrogens is 3. The predicted molar refractivity (Wildman–Crippen MR) is 76.9 cm³/mol. The van der Waals surface area contributed by atoms with Crippen molar-refractivity contribution in [2.24, 2.45) is 12.8 Å². The number of nitrogens with two attached hydrogens (primary N) is 1. The molecule has 0 saturated heterocycles. The maximum Gasteiger partial charge on any atom is 0.102 e. The number of anilines is 1. The average molecular weight is 259 g/mol. The summed E-state index contributed by atoms with van der Waals surface area (Å²) in [6.07, 6.45) is 2.92. The Labute approximate surface area is 114 Å². The van der Waals surface area contributed by atoms with Crippen LogP contribution in [0.1, 0.15) is 17.7 Å². The van der Waals surface area contributed by atoms with Gasteiger partial charge in [-0.05, 0) is 31.5 Å². The molecule has 0 fully saturated rings. The number of hydrogen-bond acceptors (Lipinski definition) is 4. The van der Waals surface area contributed by atoms with Crippen LogP contribution < -0.4 is 10.6 Å². The van der Waals surface area contributed by atoms with Gasteiger partial charge in [0.05, 0.1) is 6.54 Å². The van der Waals surface area contributed by atoms with E-state index in [0.29, 0.717) is 6.54 Å². The summed E-state index contributed by atoms with van der Waals surface area (Å²) in [6.45, 7) is 4.51. The average Bonchev–Trinajstić information content (AvgIpc) is 2.81. The van der Waals surface area contributed by atoms with Crippen molar-refractivity contribution < 1.29 is 0 Å². The third kappa shape index (κ3) is 3.54. The third-order valence-corrected chi connectivity index (χ3v) is 3.09. The quantitative estimate of drug-likeness (QED) is 0.853. The van der Waals surface area contributed by atoms with Crippen LogP contribution in [0.3, 0.4) is 0 Å². The Kier molecular flexibility index (Phi) is 4.52. The molecule has 5 nitrogen and oxygen atoms in total. The van der Waals surface area contributed by atoms with E-state index in [1.165, 1.54) is 11.3 Å². The van der Waals surface area contributed by atoms with Gasteiger partial charge in [0.25, 0.3) is 0 Å². The summed E-state index contributed by atoms with van der Waals surface area (Å²) in [5, 5.41) is 8.14. The molecule has 0 aliphatic rings. The van der Waals surface area contributed by atoms with Crippen molar-refractivity contribution in [3.8, 4) is 0 Å². The van der Waals surface area contributed by atoms with Crippen LogP contribution in [-0.2, 0) is 13.6 Å².